The molecule has 0 aromatic heterocycles. The molecule has 0 aliphatic carbocycles. The molecule has 0 aliphatic heterocycles. The lowest BCUT2D eigenvalue weighted by Gasteiger charge is -2.14. The highest BCUT2D eigenvalue weighted by atomic mass is 32.2. The van der Waals surface area contributed by atoms with Crippen LogP contribution in [0.15, 0.2) is 29.2 Å². The first-order valence-corrected chi connectivity index (χ1v) is 10.9. The standard InChI is InChI=1S/C13H22OSSi/c1-12-6-8-13(9-7-12)15(14)10-5-11-16(2,3)4/h6-9H,5,10-11H2,1-4H3. The number of hydrogen-bond acceptors (Lipinski definition) is 1. The van der Waals surface area contributed by atoms with Gasteiger partial charge in [0.2, 0.25) is 0 Å². The molecule has 0 saturated heterocycles. The van der Waals surface area contributed by atoms with Gasteiger partial charge in [0.15, 0.2) is 0 Å². The Morgan fingerprint density at radius 3 is 2.19 bits per heavy atom. The van der Waals surface area contributed by atoms with E-state index in [-0.39, 0.29) is 0 Å². The molecule has 1 nitrogen and oxygen atoms in total. The predicted octanol–water partition coefficient (Wildman–Crippen LogP) is 3.83. The van der Waals surface area contributed by atoms with Crippen molar-refractivity contribution in [2.75, 3.05) is 5.75 Å². The highest BCUT2D eigenvalue weighted by molar-refractivity contribution is 7.85. The molecule has 0 bridgehead atoms. The Morgan fingerprint density at radius 2 is 1.69 bits per heavy atom. The van der Waals surface area contributed by atoms with Crippen LogP contribution < -0.4 is 0 Å². The van der Waals surface area contributed by atoms with E-state index in [0.717, 1.165) is 17.1 Å². The minimum absolute atomic E-state index is 0.804. The van der Waals surface area contributed by atoms with E-state index < -0.39 is 18.9 Å². The molecule has 1 atom stereocenters. The van der Waals surface area contributed by atoms with Gasteiger partial charge in [-0.25, -0.2) is 0 Å². The Kier molecular flexibility index (Phi) is 4.93. The van der Waals surface area contributed by atoms with Gasteiger partial charge in [-0.3, -0.25) is 4.21 Å². The molecule has 16 heavy (non-hydrogen) atoms. The Labute approximate surface area is 103 Å². The zero-order valence-electron chi connectivity index (χ0n) is 10.7. The van der Waals surface area contributed by atoms with Crippen molar-refractivity contribution < 1.29 is 4.21 Å². The molecule has 0 N–H and O–H groups in total. The zero-order chi connectivity index (χ0) is 12.2. The molecule has 1 unspecified atom stereocenters. The number of rotatable bonds is 5. The molecule has 0 heterocycles. The monoisotopic (exact) mass is 254 g/mol. The van der Waals surface area contributed by atoms with Gasteiger partial charge in [0.25, 0.3) is 0 Å². The van der Waals surface area contributed by atoms with E-state index in [9.17, 15) is 4.21 Å². The van der Waals surface area contributed by atoms with Gasteiger partial charge in [0.05, 0.1) is 10.8 Å². The molecule has 1 aromatic rings. The maximum atomic E-state index is 12.0. The molecule has 1 aromatic carbocycles. The molecule has 0 saturated carbocycles. The first-order valence-electron chi connectivity index (χ1n) is 5.83. The van der Waals surface area contributed by atoms with Crippen LogP contribution >= 0.6 is 0 Å². The van der Waals surface area contributed by atoms with E-state index in [1.807, 2.05) is 24.3 Å². The van der Waals surface area contributed by atoms with E-state index in [2.05, 4.69) is 26.6 Å². The van der Waals surface area contributed by atoms with Crippen molar-refractivity contribution in [3.05, 3.63) is 29.8 Å². The fraction of sp³-hybridized carbons (Fsp3) is 0.538. The summed E-state index contributed by atoms with van der Waals surface area (Å²) in [5, 5.41) is 0. The third-order valence-corrected chi connectivity index (χ3v) is 5.85. The molecule has 1 rings (SSSR count). The minimum Gasteiger partial charge on any atom is -0.254 e. The van der Waals surface area contributed by atoms with Crippen LogP contribution in [-0.4, -0.2) is 18.0 Å². The van der Waals surface area contributed by atoms with Crippen molar-refractivity contribution in [1.82, 2.24) is 0 Å². The lowest BCUT2D eigenvalue weighted by atomic mass is 10.2. The van der Waals surface area contributed by atoms with Gasteiger partial charge < -0.3 is 0 Å². The van der Waals surface area contributed by atoms with E-state index >= 15 is 0 Å². The summed E-state index contributed by atoms with van der Waals surface area (Å²) in [4.78, 5) is 0.973. The summed E-state index contributed by atoms with van der Waals surface area (Å²) in [5.41, 5.74) is 1.22. The summed E-state index contributed by atoms with van der Waals surface area (Å²) in [6, 6.07) is 9.31. The highest BCUT2D eigenvalue weighted by Gasteiger charge is 2.13. The van der Waals surface area contributed by atoms with E-state index in [4.69, 9.17) is 0 Å². The van der Waals surface area contributed by atoms with Crippen LogP contribution in [0.4, 0.5) is 0 Å². The Bertz CT molecular complexity index is 351. The average Bonchev–Trinajstić information content (AvgIpc) is 2.16. The summed E-state index contributed by atoms with van der Waals surface area (Å²) in [7, 11) is -1.77. The molecule has 0 amide bonds. The van der Waals surface area contributed by atoms with Crippen LogP contribution in [0.5, 0.6) is 0 Å². The van der Waals surface area contributed by atoms with Gasteiger partial charge in [0, 0.05) is 18.7 Å². The van der Waals surface area contributed by atoms with Gasteiger partial charge >= 0.3 is 0 Å². The first kappa shape index (κ1) is 13.7. The molecule has 0 fully saturated rings. The third-order valence-electron chi connectivity index (χ3n) is 2.54. The predicted molar refractivity (Wildman–Crippen MR) is 75.2 cm³/mol. The lowest BCUT2D eigenvalue weighted by Crippen LogP contribution is -2.19. The third kappa shape index (κ3) is 5.08. The summed E-state index contributed by atoms with van der Waals surface area (Å²) in [5.74, 6) is 0.813. The van der Waals surface area contributed by atoms with Crippen LogP contribution in [0, 0.1) is 6.92 Å². The normalized spacial score (nSPS) is 13.8. The molecule has 0 spiro atoms. The van der Waals surface area contributed by atoms with Crippen molar-refractivity contribution in [3.8, 4) is 0 Å². The van der Waals surface area contributed by atoms with Crippen molar-refractivity contribution in [2.24, 2.45) is 0 Å². The maximum Gasteiger partial charge on any atom is 0.0529 e. The van der Waals surface area contributed by atoms with Crippen molar-refractivity contribution in [3.63, 3.8) is 0 Å². The van der Waals surface area contributed by atoms with Gasteiger partial charge in [-0.2, -0.15) is 0 Å². The summed E-state index contributed by atoms with van der Waals surface area (Å²) >= 11 is 0. The summed E-state index contributed by atoms with van der Waals surface area (Å²) < 4.78 is 12.0. The first-order chi connectivity index (χ1) is 7.38. The van der Waals surface area contributed by atoms with Gasteiger partial charge in [0.1, 0.15) is 0 Å². The Balaban J connectivity index is 2.44. The smallest absolute Gasteiger partial charge is 0.0529 e. The van der Waals surface area contributed by atoms with E-state index in [1.54, 1.807) is 0 Å². The van der Waals surface area contributed by atoms with Crippen LogP contribution in [0.25, 0.3) is 0 Å². The van der Waals surface area contributed by atoms with Crippen LogP contribution in [0.3, 0.4) is 0 Å². The zero-order valence-corrected chi connectivity index (χ0v) is 12.6. The quantitative estimate of drug-likeness (QED) is 0.730. The Morgan fingerprint density at radius 1 is 1.12 bits per heavy atom. The van der Waals surface area contributed by atoms with Crippen molar-refractivity contribution >= 4 is 18.9 Å². The summed E-state index contributed by atoms with van der Waals surface area (Å²) in [6.45, 7) is 9.14. The lowest BCUT2D eigenvalue weighted by molar-refractivity contribution is 0.681. The van der Waals surface area contributed by atoms with Gasteiger partial charge in [-0.15, -0.1) is 0 Å². The van der Waals surface area contributed by atoms with Crippen LogP contribution in [-0.2, 0) is 10.8 Å². The van der Waals surface area contributed by atoms with E-state index in [1.165, 1.54) is 11.6 Å². The fourth-order valence-electron chi connectivity index (χ4n) is 1.54. The SMILES string of the molecule is Cc1ccc(S(=O)CCC[Si](C)(C)C)cc1. The van der Waals surface area contributed by atoms with Crippen LogP contribution in [0.2, 0.25) is 25.7 Å². The molecule has 3 heteroatoms. The topological polar surface area (TPSA) is 17.1 Å². The number of aryl methyl sites for hydroxylation is 1. The molecule has 90 valence electrons. The van der Waals surface area contributed by atoms with Crippen molar-refractivity contribution in [1.29, 1.82) is 0 Å². The van der Waals surface area contributed by atoms with Crippen molar-refractivity contribution in [2.45, 2.75) is 43.9 Å². The van der Waals surface area contributed by atoms with Gasteiger partial charge in [-0.1, -0.05) is 43.4 Å². The summed E-state index contributed by atoms with van der Waals surface area (Å²) in [6.07, 6.45) is 1.09. The van der Waals surface area contributed by atoms with Crippen LogP contribution in [0.1, 0.15) is 12.0 Å². The maximum absolute atomic E-state index is 12.0. The molecular formula is C13H22OSSi. The number of benzene rings is 1. The van der Waals surface area contributed by atoms with Gasteiger partial charge in [-0.05, 0) is 25.5 Å². The van der Waals surface area contributed by atoms with E-state index in [0.29, 0.717) is 0 Å². The second-order valence-corrected chi connectivity index (χ2v) is 12.7. The highest BCUT2D eigenvalue weighted by Crippen LogP contribution is 2.14. The molecular weight excluding hydrogens is 232 g/mol. The minimum atomic E-state index is -0.968. The number of hydrogen-bond donors (Lipinski definition) is 0. The largest absolute Gasteiger partial charge is 0.254 e. The average molecular weight is 254 g/mol. The fourth-order valence-corrected chi connectivity index (χ4v) is 4.12. The molecule has 0 radical (unpaired) electrons. The second-order valence-electron chi connectivity index (χ2n) is 5.53. The molecule has 0 aliphatic rings. The second kappa shape index (κ2) is 5.78. The Hall–Kier alpha value is -0.413.